The van der Waals surface area contributed by atoms with Crippen LogP contribution in [0.15, 0.2) is 67.0 Å². The van der Waals surface area contributed by atoms with Crippen molar-refractivity contribution in [3.05, 3.63) is 78.1 Å². The number of rotatable bonds is 10. The van der Waals surface area contributed by atoms with Crippen LogP contribution in [-0.4, -0.2) is 54.1 Å². The van der Waals surface area contributed by atoms with E-state index in [1.165, 1.54) is 31.3 Å². The number of anilines is 1. The van der Waals surface area contributed by atoms with Gasteiger partial charge in [0.25, 0.3) is 0 Å². The summed E-state index contributed by atoms with van der Waals surface area (Å²) in [5.41, 5.74) is 2.55. The lowest BCUT2D eigenvalue weighted by atomic mass is 10.1. The molecule has 0 aliphatic carbocycles. The summed E-state index contributed by atoms with van der Waals surface area (Å²) in [6.07, 6.45) is 0.486. The number of fused-ring (bicyclic) bond motifs is 1. The highest BCUT2D eigenvalue weighted by atomic mass is 19.4. The van der Waals surface area contributed by atoms with E-state index in [9.17, 15) is 18.0 Å². The Bertz CT molecular complexity index is 1490. The molecule has 0 bridgehead atoms. The number of ether oxygens (including phenoxy) is 2. The van der Waals surface area contributed by atoms with Crippen LogP contribution in [0.4, 0.5) is 18.9 Å². The third-order valence-corrected chi connectivity index (χ3v) is 7.08. The van der Waals surface area contributed by atoms with Crippen molar-refractivity contribution in [2.75, 3.05) is 38.7 Å². The second-order valence-corrected chi connectivity index (χ2v) is 9.99. The minimum absolute atomic E-state index is 0.0426. The Balaban J connectivity index is 1.26. The van der Waals surface area contributed by atoms with E-state index in [-0.39, 0.29) is 12.3 Å². The lowest BCUT2D eigenvalue weighted by molar-refractivity contribution is -0.137. The first-order chi connectivity index (χ1) is 19.8. The largest absolute Gasteiger partial charge is 0.493 e. The first-order valence-corrected chi connectivity index (χ1v) is 13.5. The number of carbonyl (C=O) groups excluding carboxylic acids is 1. The van der Waals surface area contributed by atoms with Gasteiger partial charge in [-0.3, -0.25) is 4.79 Å². The van der Waals surface area contributed by atoms with Gasteiger partial charge in [0.15, 0.2) is 11.5 Å². The molecule has 0 spiro atoms. The highest BCUT2D eigenvalue weighted by molar-refractivity contribution is 5.95. The fourth-order valence-electron chi connectivity index (χ4n) is 4.96. The molecule has 10 heteroatoms. The van der Waals surface area contributed by atoms with Gasteiger partial charge in [-0.2, -0.15) is 13.2 Å². The SMILES string of the molecule is COc1cc2ncnc(-c3ccc(NC(=O)Cc4ccc(C(F)(F)F)cc4)cc3)c2cc1OCCCN1CCCC1. The summed E-state index contributed by atoms with van der Waals surface area (Å²) in [5.74, 6) is 0.905. The fourth-order valence-corrected chi connectivity index (χ4v) is 4.96. The Hall–Kier alpha value is -4.18. The average Bonchev–Trinajstić information content (AvgIpc) is 3.48. The predicted molar refractivity (Wildman–Crippen MR) is 151 cm³/mol. The number of methoxy groups -OCH3 is 1. The van der Waals surface area contributed by atoms with Crippen molar-refractivity contribution in [1.29, 1.82) is 0 Å². The minimum atomic E-state index is -4.41. The molecular formula is C31H31F3N4O3. The molecule has 2 heterocycles. The van der Waals surface area contributed by atoms with Crippen LogP contribution in [0.1, 0.15) is 30.4 Å². The van der Waals surface area contributed by atoms with Crippen LogP contribution in [0.3, 0.4) is 0 Å². The molecule has 214 valence electrons. The molecule has 5 rings (SSSR count). The van der Waals surface area contributed by atoms with E-state index in [0.29, 0.717) is 40.6 Å². The van der Waals surface area contributed by atoms with Gasteiger partial charge in [-0.15, -0.1) is 0 Å². The molecule has 0 saturated carbocycles. The number of benzene rings is 3. The van der Waals surface area contributed by atoms with Crippen molar-refractivity contribution in [3.63, 3.8) is 0 Å². The van der Waals surface area contributed by atoms with Crippen molar-refractivity contribution in [1.82, 2.24) is 14.9 Å². The zero-order chi connectivity index (χ0) is 28.8. The molecule has 1 aliphatic rings. The number of nitrogens with one attached hydrogen (secondary N) is 1. The average molecular weight is 565 g/mol. The molecule has 1 aromatic heterocycles. The van der Waals surface area contributed by atoms with Crippen LogP contribution < -0.4 is 14.8 Å². The molecule has 1 aliphatic heterocycles. The monoisotopic (exact) mass is 564 g/mol. The zero-order valence-electron chi connectivity index (χ0n) is 22.7. The second-order valence-electron chi connectivity index (χ2n) is 9.99. The van der Waals surface area contributed by atoms with Crippen molar-refractivity contribution in [2.24, 2.45) is 0 Å². The zero-order valence-corrected chi connectivity index (χ0v) is 22.7. The van der Waals surface area contributed by atoms with Gasteiger partial charge >= 0.3 is 6.18 Å². The maximum atomic E-state index is 12.8. The van der Waals surface area contributed by atoms with Gasteiger partial charge in [-0.05, 0) is 68.2 Å². The molecule has 3 aromatic carbocycles. The van der Waals surface area contributed by atoms with Crippen LogP contribution in [0, 0.1) is 0 Å². The number of halogens is 3. The summed E-state index contributed by atoms with van der Waals surface area (Å²) in [7, 11) is 1.60. The fraction of sp³-hybridized carbons (Fsp3) is 0.323. The molecule has 41 heavy (non-hydrogen) atoms. The molecule has 7 nitrogen and oxygen atoms in total. The summed E-state index contributed by atoms with van der Waals surface area (Å²) in [6, 6.07) is 15.5. The number of hydrogen-bond donors (Lipinski definition) is 1. The van der Waals surface area contributed by atoms with Gasteiger partial charge in [-0.1, -0.05) is 24.3 Å². The van der Waals surface area contributed by atoms with E-state index in [4.69, 9.17) is 9.47 Å². The Morgan fingerprint density at radius 3 is 2.39 bits per heavy atom. The Labute approximate surface area is 236 Å². The first kappa shape index (κ1) is 28.4. The van der Waals surface area contributed by atoms with Crippen molar-refractivity contribution in [3.8, 4) is 22.8 Å². The van der Waals surface area contributed by atoms with E-state index in [1.54, 1.807) is 19.2 Å². The smallest absolute Gasteiger partial charge is 0.416 e. The number of amides is 1. The van der Waals surface area contributed by atoms with Crippen LogP contribution in [0.5, 0.6) is 11.5 Å². The van der Waals surface area contributed by atoms with Gasteiger partial charge < -0.3 is 19.7 Å². The van der Waals surface area contributed by atoms with Crippen LogP contribution in [0.25, 0.3) is 22.2 Å². The normalized spacial score (nSPS) is 13.9. The molecule has 4 aromatic rings. The van der Waals surface area contributed by atoms with Crippen molar-refractivity contribution < 1.29 is 27.4 Å². The predicted octanol–water partition coefficient (Wildman–Crippen LogP) is 6.37. The summed E-state index contributed by atoms with van der Waals surface area (Å²) < 4.78 is 50.0. The van der Waals surface area contributed by atoms with E-state index in [1.807, 2.05) is 24.3 Å². The lowest BCUT2D eigenvalue weighted by Crippen LogP contribution is -2.21. The third-order valence-electron chi connectivity index (χ3n) is 7.08. The molecule has 1 saturated heterocycles. The molecule has 0 unspecified atom stereocenters. The Kier molecular flexibility index (Phi) is 8.68. The van der Waals surface area contributed by atoms with E-state index >= 15 is 0 Å². The highest BCUT2D eigenvalue weighted by Gasteiger charge is 2.30. The molecule has 0 atom stereocenters. The van der Waals surface area contributed by atoms with Crippen LogP contribution in [-0.2, 0) is 17.4 Å². The maximum Gasteiger partial charge on any atom is 0.416 e. The number of likely N-dealkylation sites (tertiary alicyclic amines) is 1. The Morgan fingerprint density at radius 1 is 0.976 bits per heavy atom. The number of carbonyl (C=O) groups is 1. The van der Waals surface area contributed by atoms with Gasteiger partial charge in [-0.25, -0.2) is 9.97 Å². The molecule has 0 radical (unpaired) electrons. The van der Waals surface area contributed by atoms with E-state index < -0.39 is 11.7 Å². The summed E-state index contributed by atoms with van der Waals surface area (Å²) in [5, 5.41) is 3.60. The number of nitrogens with zero attached hydrogens (tertiary/aromatic N) is 3. The van der Waals surface area contributed by atoms with E-state index in [0.717, 1.165) is 49.1 Å². The summed E-state index contributed by atoms with van der Waals surface area (Å²) >= 11 is 0. The quantitative estimate of drug-likeness (QED) is 0.226. The van der Waals surface area contributed by atoms with Crippen molar-refractivity contribution >= 4 is 22.5 Å². The second kappa shape index (κ2) is 12.6. The molecule has 1 amide bonds. The highest BCUT2D eigenvalue weighted by Crippen LogP contribution is 2.36. The standard InChI is InChI=1S/C31H31F3N4O3/c1-40-27-19-26-25(18-28(27)41-16-4-15-38-13-2-3-14-38)30(36-20-35-26)22-7-11-24(12-8-22)37-29(39)17-21-5-9-23(10-6-21)31(32,33)34/h5-12,18-20H,2-4,13-17H2,1H3,(H,37,39). The lowest BCUT2D eigenvalue weighted by Gasteiger charge is -2.16. The van der Waals surface area contributed by atoms with Crippen LogP contribution in [0.2, 0.25) is 0 Å². The molecular weight excluding hydrogens is 533 g/mol. The number of aromatic nitrogens is 2. The number of alkyl halides is 3. The van der Waals surface area contributed by atoms with Crippen molar-refractivity contribution in [2.45, 2.75) is 31.9 Å². The van der Waals surface area contributed by atoms with Gasteiger partial charge in [0.05, 0.1) is 36.9 Å². The minimum Gasteiger partial charge on any atom is -0.493 e. The van der Waals surface area contributed by atoms with Gasteiger partial charge in [0, 0.05) is 29.2 Å². The topological polar surface area (TPSA) is 76.6 Å². The summed E-state index contributed by atoms with van der Waals surface area (Å²) in [6.45, 7) is 3.89. The molecule has 1 fully saturated rings. The number of hydrogen-bond acceptors (Lipinski definition) is 6. The van der Waals surface area contributed by atoms with Gasteiger partial charge in [0.1, 0.15) is 6.33 Å². The first-order valence-electron chi connectivity index (χ1n) is 13.5. The van der Waals surface area contributed by atoms with E-state index in [2.05, 4.69) is 20.2 Å². The van der Waals surface area contributed by atoms with Gasteiger partial charge in [0.2, 0.25) is 5.91 Å². The Morgan fingerprint density at radius 2 is 1.71 bits per heavy atom. The third kappa shape index (κ3) is 7.13. The maximum absolute atomic E-state index is 12.8. The summed E-state index contributed by atoms with van der Waals surface area (Å²) in [4.78, 5) is 23.9. The van der Waals surface area contributed by atoms with Crippen LogP contribution >= 0.6 is 0 Å². The molecule has 1 N–H and O–H groups in total.